The second-order valence-electron chi connectivity index (χ2n) is 5.18. The maximum absolute atomic E-state index is 11.7. The number of carbonyl (C=O) groups is 1. The van der Waals surface area contributed by atoms with E-state index in [0.29, 0.717) is 5.56 Å². The first kappa shape index (κ1) is 12.4. The fraction of sp³-hybridized carbons (Fsp3) is 0.438. The predicted molar refractivity (Wildman–Crippen MR) is 73.8 cm³/mol. The van der Waals surface area contributed by atoms with Gasteiger partial charge in [-0.25, -0.2) is 4.79 Å². The summed E-state index contributed by atoms with van der Waals surface area (Å²) in [7, 11) is 0. The number of rotatable bonds is 4. The van der Waals surface area contributed by atoms with Crippen molar-refractivity contribution in [2.24, 2.45) is 0 Å². The highest BCUT2D eigenvalue weighted by Crippen LogP contribution is 2.28. The van der Waals surface area contributed by atoms with Crippen molar-refractivity contribution in [1.29, 1.82) is 0 Å². The molecule has 19 heavy (non-hydrogen) atoms. The third-order valence-corrected chi connectivity index (χ3v) is 3.85. The molecule has 3 heteroatoms. The van der Waals surface area contributed by atoms with E-state index in [0.717, 1.165) is 18.5 Å². The van der Waals surface area contributed by atoms with Gasteiger partial charge in [0.2, 0.25) is 0 Å². The van der Waals surface area contributed by atoms with Crippen molar-refractivity contribution in [3.05, 3.63) is 47.0 Å². The summed E-state index contributed by atoms with van der Waals surface area (Å²) in [5.74, 6) is -0.218. The van der Waals surface area contributed by atoms with Gasteiger partial charge in [-0.05, 0) is 38.2 Å². The number of cyclic esters (lactones) is 1. The summed E-state index contributed by atoms with van der Waals surface area (Å²) in [4.78, 5) is 11.7. The van der Waals surface area contributed by atoms with Crippen LogP contribution in [-0.4, -0.2) is 12.5 Å². The molecule has 1 aliphatic carbocycles. The SMILES string of the molecule is O=C1OC(NCCC2=CCCCC2)c2ccccc21. The monoisotopic (exact) mass is 257 g/mol. The molecular weight excluding hydrogens is 238 g/mol. The van der Waals surface area contributed by atoms with Crippen LogP contribution in [0.2, 0.25) is 0 Å². The number of allylic oxidation sites excluding steroid dienone is 1. The number of carbonyl (C=O) groups excluding carboxylic acids is 1. The van der Waals surface area contributed by atoms with Gasteiger partial charge in [-0.3, -0.25) is 5.32 Å². The highest BCUT2D eigenvalue weighted by molar-refractivity contribution is 5.93. The Morgan fingerprint density at radius 2 is 2.16 bits per heavy atom. The molecule has 1 aliphatic heterocycles. The number of benzene rings is 1. The van der Waals surface area contributed by atoms with Crippen LogP contribution in [0.4, 0.5) is 0 Å². The topological polar surface area (TPSA) is 38.3 Å². The van der Waals surface area contributed by atoms with Crippen molar-refractivity contribution in [1.82, 2.24) is 5.32 Å². The van der Waals surface area contributed by atoms with Crippen LogP contribution < -0.4 is 5.32 Å². The summed E-state index contributed by atoms with van der Waals surface area (Å²) < 4.78 is 5.35. The third-order valence-electron chi connectivity index (χ3n) is 3.85. The summed E-state index contributed by atoms with van der Waals surface area (Å²) in [5.41, 5.74) is 3.19. The number of ether oxygens (including phenoxy) is 1. The van der Waals surface area contributed by atoms with Gasteiger partial charge >= 0.3 is 5.97 Å². The first-order valence-electron chi connectivity index (χ1n) is 7.06. The molecule has 1 heterocycles. The van der Waals surface area contributed by atoms with Crippen LogP contribution in [0.3, 0.4) is 0 Å². The second kappa shape index (κ2) is 5.57. The van der Waals surface area contributed by atoms with Gasteiger partial charge in [-0.1, -0.05) is 29.8 Å². The summed E-state index contributed by atoms with van der Waals surface area (Å²) in [6.45, 7) is 0.859. The van der Waals surface area contributed by atoms with E-state index < -0.39 is 0 Å². The molecule has 0 saturated heterocycles. The largest absolute Gasteiger partial charge is 0.439 e. The average Bonchev–Trinajstić information content (AvgIpc) is 2.78. The molecule has 0 fully saturated rings. The van der Waals surface area contributed by atoms with Crippen molar-refractivity contribution in [2.45, 2.75) is 38.3 Å². The number of hydrogen-bond acceptors (Lipinski definition) is 3. The maximum Gasteiger partial charge on any atom is 0.340 e. The minimum absolute atomic E-state index is 0.218. The molecule has 0 radical (unpaired) electrons. The van der Waals surface area contributed by atoms with Gasteiger partial charge in [-0.2, -0.15) is 0 Å². The van der Waals surface area contributed by atoms with Gasteiger partial charge in [0, 0.05) is 12.1 Å². The van der Waals surface area contributed by atoms with Crippen LogP contribution in [0, 0.1) is 0 Å². The van der Waals surface area contributed by atoms with Gasteiger partial charge in [-0.15, -0.1) is 0 Å². The molecule has 0 amide bonds. The summed E-state index contributed by atoms with van der Waals surface area (Å²) in [5, 5.41) is 3.33. The molecule has 100 valence electrons. The van der Waals surface area contributed by atoms with E-state index in [1.165, 1.54) is 31.3 Å². The van der Waals surface area contributed by atoms with Gasteiger partial charge in [0.05, 0.1) is 5.56 Å². The van der Waals surface area contributed by atoms with E-state index in [2.05, 4.69) is 11.4 Å². The Morgan fingerprint density at radius 1 is 1.26 bits per heavy atom. The molecule has 1 unspecified atom stereocenters. The molecule has 0 saturated carbocycles. The Bertz CT molecular complexity index is 507. The predicted octanol–water partition coefficient (Wildman–Crippen LogP) is 3.34. The first-order valence-corrected chi connectivity index (χ1v) is 7.06. The Kier molecular flexibility index (Phi) is 3.65. The minimum Gasteiger partial charge on any atom is -0.439 e. The van der Waals surface area contributed by atoms with Crippen LogP contribution >= 0.6 is 0 Å². The zero-order chi connectivity index (χ0) is 13.1. The van der Waals surface area contributed by atoms with E-state index in [4.69, 9.17) is 4.74 Å². The number of esters is 1. The Balaban J connectivity index is 1.57. The Morgan fingerprint density at radius 3 is 3.00 bits per heavy atom. The van der Waals surface area contributed by atoms with E-state index in [9.17, 15) is 4.79 Å². The van der Waals surface area contributed by atoms with Crippen LogP contribution in [0.25, 0.3) is 0 Å². The molecule has 1 aromatic carbocycles. The lowest BCUT2D eigenvalue weighted by molar-refractivity contribution is 0.0310. The first-order chi connectivity index (χ1) is 9.34. The second-order valence-corrected chi connectivity index (χ2v) is 5.18. The van der Waals surface area contributed by atoms with Crippen molar-refractivity contribution in [3.63, 3.8) is 0 Å². The molecule has 3 rings (SSSR count). The standard InChI is InChI=1S/C16H19NO2/c18-16-14-9-5-4-8-13(14)15(19-16)17-11-10-12-6-2-1-3-7-12/h4-6,8-9,15,17H,1-3,7,10-11H2. The quantitative estimate of drug-likeness (QED) is 0.664. The fourth-order valence-corrected chi connectivity index (χ4v) is 2.79. The smallest absolute Gasteiger partial charge is 0.340 e. The molecule has 1 N–H and O–H groups in total. The zero-order valence-corrected chi connectivity index (χ0v) is 11.0. The van der Waals surface area contributed by atoms with Crippen molar-refractivity contribution in [3.8, 4) is 0 Å². The zero-order valence-electron chi connectivity index (χ0n) is 11.0. The van der Waals surface area contributed by atoms with Crippen LogP contribution in [-0.2, 0) is 4.74 Å². The summed E-state index contributed by atoms with van der Waals surface area (Å²) in [6.07, 6.45) is 8.22. The van der Waals surface area contributed by atoms with Crippen LogP contribution in [0.5, 0.6) is 0 Å². The van der Waals surface area contributed by atoms with Gasteiger partial charge in [0.15, 0.2) is 6.23 Å². The van der Waals surface area contributed by atoms with E-state index >= 15 is 0 Å². The van der Waals surface area contributed by atoms with Gasteiger partial charge in [0.25, 0.3) is 0 Å². The highest BCUT2D eigenvalue weighted by Gasteiger charge is 2.29. The number of nitrogens with one attached hydrogen (secondary N) is 1. The maximum atomic E-state index is 11.7. The molecular formula is C16H19NO2. The number of hydrogen-bond donors (Lipinski definition) is 1. The average molecular weight is 257 g/mol. The molecule has 1 aromatic rings. The van der Waals surface area contributed by atoms with Crippen LogP contribution in [0.15, 0.2) is 35.9 Å². The highest BCUT2D eigenvalue weighted by atomic mass is 16.6. The van der Waals surface area contributed by atoms with E-state index in [1.807, 2.05) is 24.3 Å². The Labute approximate surface area is 113 Å². The van der Waals surface area contributed by atoms with Crippen LogP contribution in [0.1, 0.15) is 54.3 Å². The molecule has 1 atom stereocenters. The minimum atomic E-state index is -0.270. The number of fused-ring (bicyclic) bond motifs is 1. The van der Waals surface area contributed by atoms with Crippen molar-refractivity contribution in [2.75, 3.05) is 6.54 Å². The molecule has 0 aromatic heterocycles. The molecule has 3 nitrogen and oxygen atoms in total. The van der Waals surface area contributed by atoms with Crippen molar-refractivity contribution >= 4 is 5.97 Å². The van der Waals surface area contributed by atoms with Gasteiger partial charge < -0.3 is 4.74 Å². The normalized spacial score (nSPS) is 21.8. The third kappa shape index (κ3) is 2.71. The van der Waals surface area contributed by atoms with E-state index in [-0.39, 0.29) is 12.2 Å². The lowest BCUT2D eigenvalue weighted by atomic mass is 9.97. The summed E-state index contributed by atoms with van der Waals surface area (Å²) in [6, 6.07) is 7.59. The summed E-state index contributed by atoms with van der Waals surface area (Å²) >= 11 is 0. The lowest BCUT2D eigenvalue weighted by Gasteiger charge is -2.16. The molecule has 2 aliphatic rings. The van der Waals surface area contributed by atoms with E-state index in [1.54, 1.807) is 0 Å². The van der Waals surface area contributed by atoms with Gasteiger partial charge in [0.1, 0.15) is 0 Å². The van der Waals surface area contributed by atoms with Crippen molar-refractivity contribution < 1.29 is 9.53 Å². The Hall–Kier alpha value is -1.61. The molecule has 0 bridgehead atoms. The molecule has 0 spiro atoms. The lowest BCUT2D eigenvalue weighted by Crippen LogP contribution is -2.22. The fourth-order valence-electron chi connectivity index (χ4n) is 2.79.